The molecule has 0 amide bonds. The van der Waals surface area contributed by atoms with Crippen molar-refractivity contribution >= 4 is 11.6 Å². The lowest BCUT2D eigenvalue weighted by molar-refractivity contribution is 1.24. The van der Waals surface area contributed by atoms with Gasteiger partial charge in [0.15, 0.2) is 0 Å². The van der Waals surface area contributed by atoms with Crippen LogP contribution in [0.5, 0.6) is 0 Å². The van der Waals surface area contributed by atoms with Gasteiger partial charge in [0.05, 0.1) is 0 Å². The Labute approximate surface area is 50.2 Å². The highest BCUT2D eigenvalue weighted by atomic mass is 35.5. The normalized spacial score (nSPS) is 8.57. The number of allylic oxidation sites excluding steroid dienone is 2. The summed E-state index contributed by atoms with van der Waals surface area (Å²) >= 11 is 5.49. The monoisotopic (exact) mass is 118 g/mol. The van der Waals surface area contributed by atoms with Crippen LogP contribution in [-0.4, -0.2) is 5.88 Å². The lowest BCUT2D eigenvalue weighted by atomic mass is 10.2. The lowest BCUT2D eigenvalue weighted by Crippen LogP contribution is -1.78. The van der Waals surface area contributed by atoms with E-state index in [1.54, 1.807) is 0 Å². The topological polar surface area (TPSA) is 0 Å². The minimum Gasteiger partial charge on any atom is -0.122 e. The van der Waals surface area contributed by atoms with Crippen LogP contribution in [0.4, 0.5) is 0 Å². The summed E-state index contributed by atoms with van der Waals surface area (Å²) in [7, 11) is 0. The molecule has 0 saturated heterocycles. The van der Waals surface area contributed by atoms with E-state index in [2.05, 4.69) is 13.8 Å². The van der Waals surface area contributed by atoms with Crippen molar-refractivity contribution in [3.8, 4) is 0 Å². The van der Waals surface area contributed by atoms with E-state index >= 15 is 0 Å². The Morgan fingerprint density at radius 3 is 1.71 bits per heavy atom. The van der Waals surface area contributed by atoms with E-state index in [9.17, 15) is 0 Å². The van der Waals surface area contributed by atoms with Crippen LogP contribution in [0.3, 0.4) is 0 Å². The minimum atomic E-state index is 0.669. The Morgan fingerprint density at radius 2 is 1.71 bits per heavy atom. The van der Waals surface area contributed by atoms with E-state index in [0.717, 1.165) is 0 Å². The first-order valence-electron chi connectivity index (χ1n) is 2.37. The zero-order valence-corrected chi connectivity index (χ0v) is 5.84. The summed E-state index contributed by atoms with van der Waals surface area (Å²) in [6.07, 6.45) is 0. The van der Waals surface area contributed by atoms with E-state index in [-0.39, 0.29) is 0 Å². The van der Waals surface area contributed by atoms with Crippen molar-refractivity contribution in [3.63, 3.8) is 0 Å². The summed E-state index contributed by atoms with van der Waals surface area (Å²) in [6, 6.07) is 0. The second-order valence-electron chi connectivity index (χ2n) is 1.91. The molecule has 0 aliphatic carbocycles. The molecular weight excluding hydrogens is 108 g/mol. The van der Waals surface area contributed by atoms with Gasteiger partial charge in [-0.1, -0.05) is 11.1 Å². The van der Waals surface area contributed by atoms with Crippen LogP contribution in [0.2, 0.25) is 0 Å². The molecule has 0 aromatic carbocycles. The minimum absolute atomic E-state index is 0.669. The molecule has 0 radical (unpaired) electrons. The van der Waals surface area contributed by atoms with Crippen LogP contribution < -0.4 is 0 Å². The van der Waals surface area contributed by atoms with Crippen molar-refractivity contribution < 1.29 is 0 Å². The van der Waals surface area contributed by atoms with E-state index < -0.39 is 0 Å². The fourth-order valence-corrected chi connectivity index (χ4v) is 0.401. The third-order valence-electron chi connectivity index (χ3n) is 1.05. The predicted octanol–water partition coefficient (Wildman–Crippen LogP) is 2.58. The number of alkyl halides is 1. The van der Waals surface area contributed by atoms with Crippen LogP contribution in [-0.2, 0) is 0 Å². The van der Waals surface area contributed by atoms with Crippen molar-refractivity contribution in [1.29, 1.82) is 0 Å². The van der Waals surface area contributed by atoms with Crippen molar-refractivity contribution in [1.82, 2.24) is 0 Å². The maximum Gasteiger partial charge on any atom is 0.0433 e. The zero-order chi connectivity index (χ0) is 5.86. The average molecular weight is 119 g/mol. The summed E-state index contributed by atoms with van der Waals surface area (Å²) < 4.78 is 0. The Bertz CT molecular complexity index is 78.2. The average Bonchev–Trinajstić information content (AvgIpc) is 1.65. The van der Waals surface area contributed by atoms with Gasteiger partial charge < -0.3 is 0 Å². The highest BCUT2D eigenvalue weighted by Gasteiger charge is 1.84. The summed E-state index contributed by atoms with van der Waals surface area (Å²) in [5, 5.41) is 0. The highest BCUT2D eigenvalue weighted by Crippen LogP contribution is 2.02. The number of hydrogen-bond acceptors (Lipinski definition) is 0. The molecule has 0 nitrogen and oxygen atoms in total. The molecule has 42 valence electrons. The van der Waals surface area contributed by atoms with Gasteiger partial charge in [-0.15, -0.1) is 11.6 Å². The molecule has 0 aliphatic heterocycles. The van der Waals surface area contributed by atoms with Gasteiger partial charge in [0.2, 0.25) is 0 Å². The van der Waals surface area contributed by atoms with Crippen molar-refractivity contribution in [3.05, 3.63) is 11.1 Å². The fraction of sp³-hybridized carbons (Fsp3) is 0.667. The third-order valence-corrected chi connectivity index (χ3v) is 1.45. The molecule has 0 heterocycles. The molecule has 0 rings (SSSR count). The van der Waals surface area contributed by atoms with Crippen molar-refractivity contribution in [2.24, 2.45) is 0 Å². The quantitative estimate of drug-likeness (QED) is 0.367. The predicted molar refractivity (Wildman–Crippen MR) is 34.8 cm³/mol. The van der Waals surface area contributed by atoms with Gasteiger partial charge in [0.1, 0.15) is 0 Å². The van der Waals surface area contributed by atoms with Crippen LogP contribution in [0, 0.1) is 0 Å². The van der Waals surface area contributed by atoms with Crippen LogP contribution in [0.15, 0.2) is 11.1 Å². The second-order valence-corrected chi connectivity index (χ2v) is 2.18. The first-order valence-corrected chi connectivity index (χ1v) is 2.91. The molecular formula is C6H11Cl. The molecule has 0 aromatic rings. The van der Waals surface area contributed by atoms with Gasteiger partial charge in [-0.05, 0) is 20.8 Å². The number of halogens is 1. The maximum absolute atomic E-state index is 5.49. The molecule has 0 aliphatic rings. The largest absolute Gasteiger partial charge is 0.122 e. The van der Waals surface area contributed by atoms with Gasteiger partial charge in [-0.2, -0.15) is 0 Å². The summed E-state index contributed by atoms with van der Waals surface area (Å²) in [6.45, 7) is 6.18. The summed E-state index contributed by atoms with van der Waals surface area (Å²) in [4.78, 5) is 0. The number of hydrogen-bond donors (Lipinski definition) is 0. The Kier molecular flexibility index (Phi) is 3.10. The summed E-state index contributed by atoms with van der Waals surface area (Å²) in [5.74, 6) is 0.669. The Balaban J connectivity index is 3.72. The molecule has 0 atom stereocenters. The molecule has 0 spiro atoms. The molecule has 0 aromatic heterocycles. The highest BCUT2D eigenvalue weighted by molar-refractivity contribution is 6.19. The van der Waals surface area contributed by atoms with Crippen LogP contribution >= 0.6 is 11.6 Å². The Morgan fingerprint density at radius 1 is 1.29 bits per heavy atom. The van der Waals surface area contributed by atoms with Gasteiger partial charge in [-0.25, -0.2) is 0 Å². The van der Waals surface area contributed by atoms with Gasteiger partial charge in [0.25, 0.3) is 0 Å². The lowest BCUT2D eigenvalue weighted by Gasteiger charge is -1.93. The van der Waals surface area contributed by atoms with Gasteiger partial charge in [-0.3, -0.25) is 0 Å². The molecule has 0 N–H and O–H groups in total. The van der Waals surface area contributed by atoms with Crippen molar-refractivity contribution in [2.45, 2.75) is 20.8 Å². The molecule has 0 saturated carbocycles. The molecule has 0 bridgehead atoms. The molecule has 0 unspecified atom stereocenters. The third kappa shape index (κ3) is 2.69. The molecule has 7 heavy (non-hydrogen) atoms. The first-order chi connectivity index (χ1) is 3.18. The SMILES string of the molecule is CC(C)=C(C)CCl. The van der Waals surface area contributed by atoms with Crippen molar-refractivity contribution in [2.75, 3.05) is 5.88 Å². The van der Waals surface area contributed by atoms with E-state index in [0.29, 0.717) is 5.88 Å². The van der Waals surface area contributed by atoms with E-state index in [4.69, 9.17) is 11.6 Å². The second kappa shape index (κ2) is 3.09. The summed E-state index contributed by atoms with van der Waals surface area (Å²) in [5.41, 5.74) is 2.61. The smallest absolute Gasteiger partial charge is 0.0433 e. The van der Waals surface area contributed by atoms with E-state index in [1.807, 2.05) is 6.92 Å². The zero-order valence-electron chi connectivity index (χ0n) is 5.09. The van der Waals surface area contributed by atoms with Gasteiger partial charge in [0, 0.05) is 5.88 Å². The van der Waals surface area contributed by atoms with Crippen LogP contribution in [0.1, 0.15) is 20.8 Å². The van der Waals surface area contributed by atoms with E-state index in [1.165, 1.54) is 11.1 Å². The standard InChI is InChI=1S/C6H11Cl/c1-5(2)6(3)4-7/h4H2,1-3H3. The number of rotatable bonds is 1. The molecule has 0 fully saturated rings. The van der Waals surface area contributed by atoms with Crippen LogP contribution in [0.25, 0.3) is 0 Å². The fourth-order valence-electron chi connectivity index (χ4n) is 0.134. The maximum atomic E-state index is 5.49. The molecule has 1 heteroatoms. The van der Waals surface area contributed by atoms with Gasteiger partial charge >= 0.3 is 0 Å². The first kappa shape index (κ1) is 7.03. The Hall–Kier alpha value is 0.0300.